The molecule has 4 heteroatoms. The molecule has 3 aromatic carbocycles. The van der Waals surface area contributed by atoms with Gasteiger partial charge < -0.3 is 0 Å². The van der Waals surface area contributed by atoms with Crippen molar-refractivity contribution in [3.05, 3.63) is 106 Å². The van der Waals surface area contributed by atoms with Crippen LogP contribution in [-0.2, 0) is 12.8 Å². The zero-order valence-electron chi connectivity index (χ0n) is 15.1. The van der Waals surface area contributed by atoms with Crippen molar-refractivity contribution in [2.24, 2.45) is 0 Å². The second-order valence-electron chi connectivity index (χ2n) is 6.35. The highest BCUT2D eigenvalue weighted by atomic mass is 32.1. The van der Waals surface area contributed by atoms with Crippen LogP contribution in [0.1, 0.15) is 21.7 Å². The van der Waals surface area contributed by atoms with Crippen LogP contribution in [0.2, 0.25) is 0 Å². The Kier molecular flexibility index (Phi) is 5.56. The van der Waals surface area contributed by atoms with Crippen LogP contribution in [0.25, 0.3) is 10.6 Å². The topological polar surface area (TPSA) is 25.8 Å². The minimum absolute atomic E-state index is 0.229. The lowest BCUT2D eigenvalue weighted by Crippen LogP contribution is -1.85. The van der Waals surface area contributed by atoms with Crippen molar-refractivity contribution < 1.29 is 4.39 Å². The van der Waals surface area contributed by atoms with Crippen molar-refractivity contribution in [2.45, 2.75) is 12.8 Å². The molecule has 0 amide bonds. The van der Waals surface area contributed by atoms with Crippen LogP contribution >= 0.6 is 11.3 Å². The molecule has 0 fully saturated rings. The zero-order chi connectivity index (χ0) is 19.2. The van der Waals surface area contributed by atoms with Crippen molar-refractivity contribution in [2.75, 3.05) is 0 Å². The minimum atomic E-state index is -0.229. The molecule has 0 bridgehead atoms. The molecule has 0 radical (unpaired) electrons. The van der Waals surface area contributed by atoms with Crippen molar-refractivity contribution in [1.82, 2.24) is 10.2 Å². The number of benzene rings is 3. The van der Waals surface area contributed by atoms with Gasteiger partial charge in [-0.05, 0) is 35.4 Å². The van der Waals surface area contributed by atoms with E-state index in [0.717, 1.165) is 33.1 Å². The van der Waals surface area contributed by atoms with Crippen LogP contribution in [0.4, 0.5) is 4.39 Å². The normalized spacial score (nSPS) is 10.3. The number of halogens is 1. The number of hydrogen-bond acceptors (Lipinski definition) is 3. The fraction of sp³-hybridized carbons (Fsp3) is 0.0833. The van der Waals surface area contributed by atoms with Crippen LogP contribution in [0.5, 0.6) is 0 Å². The van der Waals surface area contributed by atoms with Gasteiger partial charge in [0.15, 0.2) is 0 Å². The largest absolute Gasteiger partial charge is 0.207 e. The van der Waals surface area contributed by atoms with Gasteiger partial charge in [0.1, 0.15) is 15.8 Å². The minimum Gasteiger partial charge on any atom is -0.207 e. The Morgan fingerprint density at radius 1 is 0.821 bits per heavy atom. The van der Waals surface area contributed by atoms with Crippen molar-refractivity contribution in [1.29, 1.82) is 0 Å². The van der Waals surface area contributed by atoms with E-state index in [2.05, 4.69) is 34.2 Å². The van der Waals surface area contributed by atoms with Crippen LogP contribution in [0.15, 0.2) is 78.9 Å². The molecule has 0 spiro atoms. The molecule has 1 aromatic heterocycles. The van der Waals surface area contributed by atoms with Gasteiger partial charge in [-0.1, -0.05) is 77.8 Å². The number of rotatable bonds is 4. The average Bonchev–Trinajstić information content (AvgIpc) is 3.19. The Morgan fingerprint density at radius 2 is 1.64 bits per heavy atom. The van der Waals surface area contributed by atoms with E-state index in [1.54, 1.807) is 23.5 Å². The Morgan fingerprint density at radius 3 is 2.46 bits per heavy atom. The van der Waals surface area contributed by atoms with E-state index < -0.39 is 0 Å². The SMILES string of the molecule is Fc1ccc(CC#Cc2cccc(-c3nnc(Cc4ccccc4)s3)c2)cc1. The van der Waals surface area contributed by atoms with Gasteiger partial charge in [0.05, 0.1) is 0 Å². The highest BCUT2D eigenvalue weighted by molar-refractivity contribution is 7.14. The van der Waals surface area contributed by atoms with E-state index in [1.165, 1.54) is 17.7 Å². The second kappa shape index (κ2) is 8.60. The third-order valence-corrected chi connectivity index (χ3v) is 5.19. The van der Waals surface area contributed by atoms with Crippen LogP contribution in [-0.4, -0.2) is 10.2 Å². The first kappa shape index (κ1) is 18.1. The summed E-state index contributed by atoms with van der Waals surface area (Å²) >= 11 is 1.61. The molecule has 28 heavy (non-hydrogen) atoms. The summed E-state index contributed by atoms with van der Waals surface area (Å²) in [5, 5.41) is 10.6. The van der Waals surface area contributed by atoms with E-state index >= 15 is 0 Å². The van der Waals surface area contributed by atoms with Crippen molar-refractivity contribution in [3.8, 4) is 22.4 Å². The summed E-state index contributed by atoms with van der Waals surface area (Å²) < 4.78 is 13.0. The first-order valence-corrected chi connectivity index (χ1v) is 9.78. The first-order valence-electron chi connectivity index (χ1n) is 8.96. The van der Waals surface area contributed by atoms with Gasteiger partial charge in [-0.3, -0.25) is 0 Å². The molecule has 136 valence electrons. The zero-order valence-corrected chi connectivity index (χ0v) is 15.9. The van der Waals surface area contributed by atoms with E-state index in [9.17, 15) is 4.39 Å². The lowest BCUT2D eigenvalue weighted by atomic mass is 10.1. The highest BCUT2D eigenvalue weighted by Crippen LogP contribution is 2.25. The number of nitrogens with zero attached hydrogens (tertiary/aromatic N) is 2. The van der Waals surface area contributed by atoms with Crippen LogP contribution in [0, 0.1) is 17.7 Å². The van der Waals surface area contributed by atoms with E-state index in [0.29, 0.717) is 6.42 Å². The Labute approximate surface area is 167 Å². The molecule has 0 N–H and O–H groups in total. The summed E-state index contributed by atoms with van der Waals surface area (Å²) in [4.78, 5) is 0. The molecule has 0 aliphatic heterocycles. The molecule has 1 heterocycles. The van der Waals surface area contributed by atoms with E-state index in [-0.39, 0.29) is 5.82 Å². The van der Waals surface area contributed by atoms with Gasteiger partial charge in [0, 0.05) is 24.0 Å². The third kappa shape index (κ3) is 4.70. The fourth-order valence-electron chi connectivity index (χ4n) is 2.79. The molecule has 0 aliphatic rings. The molecule has 4 rings (SSSR count). The standard InChI is InChI=1S/C24H17FN2S/c25-22-14-12-18(13-15-22)8-4-9-19-10-5-11-21(16-19)24-27-26-23(28-24)17-20-6-2-1-3-7-20/h1-3,5-7,10-16H,8,17H2. The summed E-state index contributed by atoms with van der Waals surface area (Å²) in [6, 6.07) is 24.7. The van der Waals surface area contributed by atoms with Crippen LogP contribution in [0.3, 0.4) is 0 Å². The summed E-state index contributed by atoms with van der Waals surface area (Å²) in [6.45, 7) is 0. The molecule has 0 aliphatic carbocycles. The van der Waals surface area contributed by atoms with Gasteiger partial charge in [0.2, 0.25) is 0 Å². The maximum Gasteiger partial charge on any atom is 0.147 e. The highest BCUT2D eigenvalue weighted by Gasteiger charge is 2.07. The van der Waals surface area contributed by atoms with Crippen molar-refractivity contribution >= 4 is 11.3 Å². The number of hydrogen-bond donors (Lipinski definition) is 0. The maximum absolute atomic E-state index is 13.0. The Hall–Kier alpha value is -3.29. The van der Waals surface area contributed by atoms with E-state index in [1.807, 2.05) is 42.5 Å². The smallest absolute Gasteiger partial charge is 0.147 e. The van der Waals surface area contributed by atoms with Gasteiger partial charge in [-0.15, -0.1) is 10.2 Å². The van der Waals surface area contributed by atoms with E-state index in [4.69, 9.17) is 0 Å². The Balaban J connectivity index is 1.47. The predicted molar refractivity (Wildman–Crippen MR) is 112 cm³/mol. The molecule has 0 saturated heterocycles. The summed E-state index contributed by atoms with van der Waals surface area (Å²) in [6.07, 6.45) is 1.38. The lowest BCUT2D eigenvalue weighted by molar-refractivity contribution is 0.627. The third-order valence-electron chi connectivity index (χ3n) is 4.21. The molecule has 0 unspecified atom stereocenters. The molecular weight excluding hydrogens is 367 g/mol. The second-order valence-corrected chi connectivity index (χ2v) is 7.41. The summed E-state index contributed by atoms with van der Waals surface area (Å²) in [7, 11) is 0. The van der Waals surface area contributed by atoms with Crippen LogP contribution < -0.4 is 0 Å². The molecule has 0 atom stereocenters. The van der Waals surface area contributed by atoms with Gasteiger partial charge in [-0.2, -0.15) is 0 Å². The average molecular weight is 384 g/mol. The lowest BCUT2D eigenvalue weighted by Gasteiger charge is -1.97. The molecule has 0 saturated carbocycles. The maximum atomic E-state index is 13.0. The molecule has 4 aromatic rings. The molecule has 2 nitrogen and oxygen atoms in total. The van der Waals surface area contributed by atoms with Gasteiger partial charge in [0.25, 0.3) is 0 Å². The first-order chi connectivity index (χ1) is 13.8. The fourth-order valence-corrected chi connectivity index (χ4v) is 3.66. The Bertz CT molecular complexity index is 1120. The quantitative estimate of drug-likeness (QED) is 0.432. The monoisotopic (exact) mass is 384 g/mol. The summed E-state index contributed by atoms with van der Waals surface area (Å²) in [5.74, 6) is 6.10. The van der Waals surface area contributed by atoms with Gasteiger partial charge in [-0.25, -0.2) is 4.39 Å². The summed E-state index contributed by atoms with van der Waals surface area (Å²) in [5.41, 5.74) is 4.18. The van der Waals surface area contributed by atoms with Crippen molar-refractivity contribution in [3.63, 3.8) is 0 Å². The predicted octanol–water partition coefficient (Wildman–Crippen LogP) is 5.53. The van der Waals surface area contributed by atoms with Gasteiger partial charge >= 0.3 is 0 Å². The molecular formula is C24H17FN2S. The number of aromatic nitrogens is 2.